The summed E-state index contributed by atoms with van der Waals surface area (Å²) in [6.07, 6.45) is 0. The summed E-state index contributed by atoms with van der Waals surface area (Å²) in [6.45, 7) is 0. The van der Waals surface area contributed by atoms with E-state index in [0.29, 0.717) is 16.3 Å². The zero-order chi connectivity index (χ0) is 15.5. The van der Waals surface area contributed by atoms with Crippen LogP contribution in [0.2, 0.25) is 5.02 Å². The van der Waals surface area contributed by atoms with Crippen molar-refractivity contribution >= 4 is 17.6 Å². The minimum absolute atomic E-state index is 0.0480. The highest BCUT2D eigenvalue weighted by atomic mass is 35.5. The lowest BCUT2D eigenvalue weighted by Crippen LogP contribution is -2.09. The third kappa shape index (κ3) is 2.99. The Balaban J connectivity index is 1.80. The lowest BCUT2D eigenvalue weighted by atomic mass is 10.1. The second-order valence-electron chi connectivity index (χ2n) is 4.40. The fraction of sp³-hybridized carbons (Fsp3) is 0. The van der Waals surface area contributed by atoms with Gasteiger partial charge in [0.05, 0.1) is 0 Å². The van der Waals surface area contributed by atoms with Gasteiger partial charge in [-0.25, -0.2) is 9.18 Å². The molecule has 0 aliphatic carbocycles. The topological polar surface area (TPSA) is 52.3 Å². The SMILES string of the molecule is O=C(Oc1ccccc1F)c1cc(-c2ccc(Cl)cc2)on1. The zero-order valence-corrected chi connectivity index (χ0v) is 11.9. The average molecular weight is 318 g/mol. The molecule has 0 atom stereocenters. The van der Waals surface area contributed by atoms with E-state index in [4.69, 9.17) is 20.9 Å². The molecular formula is C16H9ClFNO3. The van der Waals surface area contributed by atoms with E-state index in [2.05, 4.69) is 5.16 Å². The van der Waals surface area contributed by atoms with Crippen molar-refractivity contribution in [3.8, 4) is 17.1 Å². The van der Waals surface area contributed by atoms with Crippen LogP contribution in [0.1, 0.15) is 10.5 Å². The highest BCUT2D eigenvalue weighted by molar-refractivity contribution is 6.30. The summed E-state index contributed by atoms with van der Waals surface area (Å²) >= 11 is 5.80. The summed E-state index contributed by atoms with van der Waals surface area (Å²) < 4.78 is 23.5. The first-order valence-corrected chi connectivity index (χ1v) is 6.70. The van der Waals surface area contributed by atoms with Gasteiger partial charge in [-0.3, -0.25) is 0 Å². The van der Waals surface area contributed by atoms with Crippen molar-refractivity contribution in [1.82, 2.24) is 5.16 Å². The third-order valence-corrected chi connectivity index (χ3v) is 3.14. The number of ether oxygens (including phenoxy) is 1. The Morgan fingerprint density at radius 3 is 2.59 bits per heavy atom. The monoisotopic (exact) mass is 317 g/mol. The maximum atomic E-state index is 13.4. The third-order valence-electron chi connectivity index (χ3n) is 2.89. The number of para-hydroxylation sites is 1. The number of hydrogen-bond donors (Lipinski definition) is 0. The first-order chi connectivity index (χ1) is 10.6. The molecule has 4 nitrogen and oxygen atoms in total. The number of hydrogen-bond acceptors (Lipinski definition) is 4. The predicted molar refractivity (Wildman–Crippen MR) is 78.3 cm³/mol. The Morgan fingerprint density at radius 1 is 1.14 bits per heavy atom. The maximum absolute atomic E-state index is 13.4. The van der Waals surface area contributed by atoms with Crippen LogP contribution in [0.15, 0.2) is 59.1 Å². The molecule has 0 N–H and O–H groups in total. The van der Waals surface area contributed by atoms with Crippen LogP contribution in [0.25, 0.3) is 11.3 Å². The summed E-state index contributed by atoms with van der Waals surface area (Å²) in [6, 6.07) is 13.9. The van der Waals surface area contributed by atoms with Gasteiger partial charge in [0, 0.05) is 16.7 Å². The standard InChI is InChI=1S/C16H9ClFNO3/c17-11-7-5-10(6-8-11)15-9-13(19-22-15)16(20)21-14-4-2-1-3-12(14)18/h1-9H. The first-order valence-electron chi connectivity index (χ1n) is 6.33. The molecule has 1 heterocycles. The van der Waals surface area contributed by atoms with Gasteiger partial charge in [-0.2, -0.15) is 0 Å². The van der Waals surface area contributed by atoms with E-state index in [0.717, 1.165) is 0 Å². The van der Waals surface area contributed by atoms with Crippen LogP contribution < -0.4 is 4.74 Å². The number of aromatic nitrogens is 1. The van der Waals surface area contributed by atoms with Crippen LogP contribution in [-0.2, 0) is 0 Å². The lowest BCUT2D eigenvalue weighted by molar-refractivity contribution is 0.0717. The fourth-order valence-corrected chi connectivity index (χ4v) is 1.93. The van der Waals surface area contributed by atoms with Gasteiger partial charge in [-0.05, 0) is 36.4 Å². The molecule has 0 bridgehead atoms. The lowest BCUT2D eigenvalue weighted by Gasteiger charge is -2.01. The highest BCUT2D eigenvalue weighted by Crippen LogP contribution is 2.23. The summed E-state index contributed by atoms with van der Waals surface area (Å²) in [5.74, 6) is -1.20. The molecule has 0 aliphatic heterocycles. The van der Waals surface area contributed by atoms with E-state index in [-0.39, 0.29) is 11.4 Å². The number of carbonyl (C=O) groups excluding carboxylic acids is 1. The van der Waals surface area contributed by atoms with Gasteiger partial charge in [0.1, 0.15) is 0 Å². The number of benzene rings is 2. The number of rotatable bonds is 3. The van der Waals surface area contributed by atoms with Crippen molar-refractivity contribution in [1.29, 1.82) is 0 Å². The van der Waals surface area contributed by atoms with Crippen molar-refractivity contribution in [2.75, 3.05) is 0 Å². The highest BCUT2D eigenvalue weighted by Gasteiger charge is 2.17. The number of esters is 1. The molecule has 0 spiro atoms. The van der Waals surface area contributed by atoms with Crippen molar-refractivity contribution in [3.05, 3.63) is 71.1 Å². The van der Waals surface area contributed by atoms with E-state index >= 15 is 0 Å². The molecule has 0 amide bonds. The Bertz CT molecular complexity index is 814. The van der Waals surface area contributed by atoms with Crippen LogP contribution in [0, 0.1) is 5.82 Å². The van der Waals surface area contributed by atoms with Crippen LogP contribution in [0.5, 0.6) is 5.75 Å². The van der Waals surface area contributed by atoms with Crippen LogP contribution in [0.3, 0.4) is 0 Å². The van der Waals surface area contributed by atoms with Crippen LogP contribution >= 0.6 is 11.6 Å². The van der Waals surface area contributed by atoms with Gasteiger partial charge < -0.3 is 9.26 Å². The fourth-order valence-electron chi connectivity index (χ4n) is 1.80. The average Bonchev–Trinajstić information content (AvgIpc) is 3.00. The van der Waals surface area contributed by atoms with E-state index in [1.165, 1.54) is 24.3 Å². The van der Waals surface area contributed by atoms with E-state index < -0.39 is 11.8 Å². The molecule has 0 saturated carbocycles. The second-order valence-corrected chi connectivity index (χ2v) is 4.84. The summed E-state index contributed by atoms with van der Waals surface area (Å²) in [5.41, 5.74) is 0.662. The smallest absolute Gasteiger partial charge is 0.366 e. The van der Waals surface area contributed by atoms with Crippen molar-refractivity contribution < 1.29 is 18.4 Å². The predicted octanol–water partition coefficient (Wildman–Crippen LogP) is 4.35. The van der Waals surface area contributed by atoms with E-state index in [9.17, 15) is 9.18 Å². The number of halogens is 2. The van der Waals surface area contributed by atoms with Gasteiger partial charge in [-0.15, -0.1) is 0 Å². The quantitative estimate of drug-likeness (QED) is 0.532. The van der Waals surface area contributed by atoms with Crippen LogP contribution in [0.4, 0.5) is 4.39 Å². The first kappa shape index (κ1) is 14.3. The van der Waals surface area contributed by atoms with E-state index in [1.54, 1.807) is 30.3 Å². The molecule has 1 aromatic heterocycles. The normalized spacial score (nSPS) is 10.5. The largest absolute Gasteiger partial charge is 0.419 e. The molecule has 0 radical (unpaired) electrons. The maximum Gasteiger partial charge on any atom is 0.366 e. The molecular weight excluding hydrogens is 309 g/mol. The second kappa shape index (κ2) is 5.99. The molecule has 0 saturated heterocycles. The van der Waals surface area contributed by atoms with Gasteiger partial charge in [0.25, 0.3) is 0 Å². The van der Waals surface area contributed by atoms with Crippen molar-refractivity contribution in [2.45, 2.75) is 0 Å². The van der Waals surface area contributed by atoms with Gasteiger partial charge in [0.2, 0.25) is 0 Å². The minimum atomic E-state index is -0.797. The van der Waals surface area contributed by atoms with Gasteiger partial charge in [0.15, 0.2) is 23.0 Å². The van der Waals surface area contributed by atoms with Crippen molar-refractivity contribution in [2.24, 2.45) is 0 Å². The Labute approximate surface area is 130 Å². The Kier molecular flexibility index (Phi) is 3.89. The molecule has 3 rings (SSSR count). The molecule has 0 aliphatic rings. The molecule has 2 aromatic carbocycles. The molecule has 3 aromatic rings. The molecule has 110 valence electrons. The molecule has 0 unspecified atom stereocenters. The molecule has 22 heavy (non-hydrogen) atoms. The Morgan fingerprint density at radius 2 is 1.86 bits per heavy atom. The molecule has 0 fully saturated rings. The minimum Gasteiger partial charge on any atom is -0.419 e. The van der Waals surface area contributed by atoms with Gasteiger partial charge >= 0.3 is 5.97 Å². The van der Waals surface area contributed by atoms with E-state index in [1.807, 2.05) is 0 Å². The zero-order valence-electron chi connectivity index (χ0n) is 11.1. The van der Waals surface area contributed by atoms with Crippen LogP contribution in [-0.4, -0.2) is 11.1 Å². The Hall–Kier alpha value is -2.66. The summed E-state index contributed by atoms with van der Waals surface area (Å²) in [7, 11) is 0. The summed E-state index contributed by atoms with van der Waals surface area (Å²) in [4.78, 5) is 11.9. The van der Waals surface area contributed by atoms with Crippen molar-refractivity contribution in [3.63, 3.8) is 0 Å². The number of carbonyl (C=O) groups is 1. The van der Waals surface area contributed by atoms with Gasteiger partial charge in [-0.1, -0.05) is 28.9 Å². The molecule has 6 heteroatoms. The number of nitrogens with zero attached hydrogens (tertiary/aromatic N) is 1. The summed E-state index contributed by atoms with van der Waals surface area (Å²) in [5, 5.41) is 4.22.